The molecule has 0 saturated heterocycles. The minimum absolute atomic E-state index is 1.13. The lowest BCUT2D eigenvalue weighted by molar-refractivity contribution is 0.327. The summed E-state index contributed by atoms with van der Waals surface area (Å²) in [4.78, 5) is 2.37. The highest BCUT2D eigenvalue weighted by molar-refractivity contribution is 4.69. The number of allylic oxidation sites excluding steroid dienone is 2. The second kappa shape index (κ2) is 8.54. The van der Waals surface area contributed by atoms with Gasteiger partial charge in [-0.05, 0) is 45.8 Å². The number of hydrogen-bond donors (Lipinski definition) is 0. The number of nitrogens with zero attached hydrogens (tertiary/aromatic N) is 1. The first kappa shape index (κ1) is 11.4. The molecule has 0 aromatic rings. The quantitative estimate of drug-likeness (QED) is 0.397. The van der Waals surface area contributed by atoms with Gasteiger partial charge in [0.25, 0.3) is 0 Å². The Morgan fingerprint density at radius 1 is 1.00 bits per heavy atom. The molecule has 0 bridgehead atoms. The van der Waals surface area contributed by atoms with Gasteiger partial charge < -0.3 is 4.90 Å². The van der Waals surface area contributed by atoms with E-state index in [9.17, 15) is 0 Å². The van der Waals surface area contributed by atoms with Crippen molar-refractivity contribution in [3.63, 3.8) is 0 Å². The van der Waals surface area contributed by atoms with Crippen LogP contribution in [0.15, 0.2) is 25.3 Å². The Balaban J connectivity index is 3.14. The molecule has 70 valence electrons. The molecule has 0 aliphatic heterocycles. The number of hydrogen-bond acceptors (Lipinski definition) is 1. The monoisotopic (exact) mass is 167 g/mol. The molecule has 0 spiro atoms. The van der Waals surface area contributed by atoms with E-state index in [-0.39, 0.29) is 0 Å². The van der Waals surface area contributed by atoms with Crippen LogP contribution in [0.5, 0.6) is 0 Å². The predicted molar refractivity (Wildman–Crippen MR) is 56.4 cm³/mol. The van der Waals surface area contributed by atoms with Crippen molar-refractivity contribution in [2.24, 2.45) is 0 Å². The van der Waals surface area contributed by atoms with Crippen LogP contribution in [-0.2, 0) is 0 Å². The Hall–Kier alpha value is -0.560. The first-order valence-corrected chi connectivity index (χ1v) is 4.71. The van der Waals surface area contributed by atoms with Crippen LogP contribution >= 0.6 is 0 Å². The van der Waals surface area contributed by atoms with Gasteiger partial charge in [-0.2, -0.15) is 0 Å². The zero-order valence-electron chi connectivity index (χ0n) is 8.26. The fraction of sp³-hybridized carbons (Fsp3) is 0.636. The average molecular weight is 167 g/mol. The van der Waals surface area contributed by atoms with Crippen molar-refractivity contribution in [2.75, 3.05) is 20.1 Å². The fourth-order valence-electron chi connectivity index (χ4n) is 1.12. The summed E-state index contributed by atoms with van der Waals surface area (Å²) in [5, 5.41) is 0. The summed E-state index contributed by atoms with van der Waals surface area (Å²) in [6.45, 7) is 9.77. The molecule has 0 aromatic heterocycles. The van der Waals surface area contributed by atoms with E-state index in [4.69, 9.17) is 0 Å². The summed E-state index contributed by atoms with van der Waals surface area (Å²) in [5.41, 5.74) is 0. The van der Waals surface area contributed by atoms with Crippen molar-refractivity contribution in [1.82, 2.24) is 4.90 Å². The standard InChI is InChI=1S/C11H21N/c1-4-6-8-10-12(3)11-9-7-5-2/h4-5H,1-2,6-11H2,3H3. The van der Waals surface area contributed by atoms with Gasteiger partial charge in [0.2, 0.25) is 0 Å². The molecule has 0 N–H and O–H groups in total. The van der Waals surface area contributed by atoms with E-state index < -0.39 is 0 Å². The normalized spacial score (nSPS) is 10.2. The zero-order valence-corrected chi connectivity index (χ0v) is 8.26. The number of unbranched alkanes of at least 4 members (excludes halogenated alkanes) is 2. The largest absolute Gasteiger partial charge is 0.306 e. The van der Waals surface area contributed by atoms with E-state index >= 15 is 0 Å². The van der Waals surface area contributed by atoms with Crippen molar-refractivity contribution in [3.05, 3.63) is 25.3 Å². The van der Waals surface area contributed by atoms with Crippen LogP contribution in [0.4, 0.5) is 0 Å². The van der Waals surface area contributed by atoms with Crippen molar-refractivity contribution in [3.8, 4) is 0 Å². The van der Waals surface area contributed by atoms with E-state index in [0.717, 1.165) is 12.8 Å². The van der Waals surface area contributed by atoms with Crippen LogP contribution in [0.25, 0.3) is 0 Å². The first-order chi connectivity index (χ1) is 5.81. The molecular formula is C11H21N. The van der Waals surface area contributed by atoms with Crippen molar-refractivity contribution in [2.45, 2.75) is 25.7 Å². The highest BCUT2D eigenvalue weighted by Gasteiger charge is 1.95. The van der Waals surface area contributed by atoms with E-state index in [1.807, 2.05) is 12.2 Å². The van der Waals surface area contributed by atoms with E-state index in [1.54, 1.807) is 0 Å². The van der Waals surface area contributed by atoms with E-state index in [1.165, 1.54) is 25.9 Å². The maximum Gasteiger partial charge on any atom is -0.00188 e. The van der Waals surface area contributed by atoms with Crippen LogP contribution in [-0.4, -0.2) is 25.0 Å². The van der Waals surface area contributed by atoms with Gasteiger partial charge in [0, 0.05) is 0 Å². The SMILES string of the molecule is C=CCCCN(C)CCCC=C. The average Bonchev–Trinajstić information content (AvgIpc) is 2.06. The summed E-state index contributed by atoms with van der Waals surface area (Å²) in [7, 11) is 2.17. The zero-order chi connectivity index (χ0) is 9.23. The molecule has 0 aromatic carbocycles. The minimum Gasteiger partial charge on any atom is -0.306 e. The smallest absolute Gasteiger partial charge is 0.00188 e. The molecule has 0 unspecified atom stereocenters. The summed E-state index contributed by atoms with van der Waals surface area (Å²) in [6.07, 6.45) is 8.69. The summed E-state index contributed by atoms with van der Waals surface area (Å²) in [6, 6.07) is 0. The highest BCUT2D eigenvalue weighted by Crippen LogP contribution is 1.96. The van der Waals surface area contributed by atoms with Crippen molar-refractivity contribution >= 4 is 0 Å². The van der Waals surface area contributed by atoms with Gasteiger partial charge in [-0.3, -0.25) is 0 Å². The van der Waals surface area contributed by atoms with Crippen LogP contribution in [0.1, 0.15) is 25.7 Å². The molecule has 1 heteroatoms. The molecule has 0 heterocycles. The van der Waals surface area contributed by atoms with Gasteiger partial charge in [-0.25, -0.2) is 0 Å². The third-order valence-electron chi connectivity index (χ3n) is 1.90. The minimum atomic E-state index is 1.13. The van der Waals surface area contributed by atoms with Crippen molar-refractivity contribution in [1.29, 1.82) is 0 Å². The maximum absolute atomic E-state index is 3.70. The Morgan fingerprint density at radius 3 is 1.75 bits per heavy atom. The van der Waals surface area contributed by atoms with Gasteiger partial charge in [0.15, 0.2) is 0 Å². The van der Waals surface area contributed by atoms with Gasteiger partial charge in [-0.1, -0.05) is 12.2 Å². The molecule has 0 atom stereocenters. The highest BCUT2D eigenvalue weighted by atomic mass is 15.1. The molecule has 1 nitrogen and oxygen atoms in total. The molecule has 0 aliphatic rings. The van der Waals surface area contributed by atoms with Crippen LogP contribution in [0.3, 0.4) is 0 Å². The summed E-state index contributed by atoms with van der Waals surface area (Å²) in [5.74, 6) is 0. The lowest BCUT2D eigenvalue weighted by atomic mass is 10.2. The topological polar surface area (TPSA) is 3.24 Å². The lowest BCUT2D eigenvalue weighted by Crippen LogP contribution is -2.20. The van der Waals surface area contributed by atoms with Gasteiger partial charge in [-0.15, -0.1) is 13.2 Å². The van der Waals surface area contributed by atoms with Gasteiger partial charge in [0.05, 0.1) is 0 Å². The fourth-order valence-corrected chi connectivity index (χ4v) is 1.12. The van der Waals surface area contributed by atoms with Gasteiger partial charge >= 0.3 is 0 Å². The van der Waals surface area contributed by atoms with Crippen LogP contribution in [0, 0.1) is 0 Å². The third kappa shape index (κ3) is 7.55. The first-order valence-electron chi connectivity index (χ1n) is 4.71. The molecule has 0 amide bonds. The van der Waals surface area contributed by atoms with Gasteiger partial charge in [0.1, 0.15) is 0 Å². The molecule has 12 heavy (non-hydrogen) atoms. The molecule has 0 radical (unpaired) electrons. The molecular weight excluding hydrogens is 146 g/mol. The van der Waals surface area contributed by atoms with Crippen LogP contribution < -0.4 is 0 Å². The van der Waals surface area contributed by atoms with Crippen LogP contribution in [0.2, 0.25) is 0 Å². The Kier molecular flexibility index (Phi) is 8.14. The molecule has 0 rings (SSSR count). The van der Waals surface area contributed by atoms with E-state index in [0.29, 0.717) is 0 Å². The maximum atomic E-state index is 3.70. The second-order valence-electron chi connectivity index (χ2n) is 3.17. The summed E-state index contributed by atoms with van der Waals surface area (Å²) >= 11 is 0. The van der Waals surface area contributed by atoms with Crippen molar-refractivity contribution < 1.29 is 0 Å². The number of rotatable bonds is 8. The Bertz CT molecular complexity index is 104. The lowest BCUT2D eigenvalue weighted by Gasteiger charge is -2.14. The summed E-state index contributed by atoms with van der Waals surface area (Å²) < 4.78 is 0. The second-order valence-corrected chi connectivity index (χ2v) is 3.17. The third-order valence-corrected chi connectivity index (χ3v) is 1.90. The Labute approximate surface area is 76.8 Å². The molecule has 0 aliphatic carbocycles. The molecule has 0 fully saturated rings. The molecule has 0 saturated carbocycles. The predicted octanol–water partition coefficient (Wildman–Crippen LogP) is 2.85. The van der Waals surface area contributed by atoms with E-state index in [2.05, 4.69) is 25.1 Å². The Morgan fingerprint density at radius 2 is 1.42 bits per heavy atom.